The first-order valence-corrected chi connectivity index (χ1v) is 6.57. The van der Waals surface area contributed by atoms with Crippen LogP contribution >= 0.6 is 0 Å². The molecular formula is C14H20N2O3. The van der Waals surface area contributed by atoms with Crippen molar-refractivity contribution >= 4 is 5.91 Å². The van der Waals surface area contributed by atoms with Gasteiger partial charge in [-0.2, -0.15) is 0 Å². The summed E-state index contributed by atoms with van der Waals surface area (Å²) in [6.45, 7) is 1.91. The normalized spacial score (nSPS) is 18.1. The number of rotatable bonds is 6. The van der Waals surface area contributed by atoms with E-state index in [9.17, 15) is 4.79 Å². The second-order valence-electron chi connectivity index (χ2n) is 4.46. The number of ether oxygens (including phenoxy) is 2. The summed E-state index contributed by atoms with van der Waals surface area (Å²) in [7, 11) is 1.63. The van der Waals surface area contributed by atoms with Gasteiger partial charge in [0.2, 0.25) is 5.91 Å². The number of benzene rings is 1. The minimum atomic E-state index is -0.0269. The molecule has 2 N–H and O–H groups in total. The summed E-state index contributed by atoms with van der Waals surface area (Å²) in [5, 5.41) is 6.03. The zero-order valence-corrected chi connectivity index (χ0v) is 11.1. The smallest absolute Gasteiger partial charge is 0.237 e. The lowest BCUT2D eigenvalue weighted by molar-refractivity contribution is -0.122. The minimum Gasteiger partial charge on any atom is -0.497 e. The Balaban J connectivity index is 1.64. The van der Waals surface area contributed by atoms with E-state index in [0.717, 1.165) is 30.9 Å². The van der Waals surface area contributed by atoms with E-state index in [0.29, 0.717) is 13.2 Å². The minimum absolute atomic E-state index is 0.0269. The van der Waals surface area contributed by atoms with Gasteiger partial charge in [0.05, 0.1) is 19.7 Å². The van der Waals surface area contributed by atoms with Crippen molar-refractivity contribution in [3.05, 3.63) is 24.3 Å². The molecule has 0 unspecified atom stereocenters. The highest BCUT2D eigenvalue weighted by molar-refractivity contribution is 5.81. The molecule has 1 fully saturated rings. The molecule has 0 saturated carbocycles. The summed E-state index contributed by atoms with van der Waals surface area (Å²) in [6, 6.07) is 7.35. The van der Waals surface area contributed by atoms with Crippen molar-refractivity contribution in [2.24, 2.45) is 0 Å². The van der Waals surface area contributed by atoms with Gasteiger partial charge in [-0.3, -0.25) is 4.79 Å². The summed E-state index contributed by atoms with van der Waals surface area (Å²) in [6.07, 6.45) is 1.99. The van der Waals surface area contributed by atoms with Gasteiger partial charge in [-0.1, -0.05) is 0 Å². The van der Waals surface area contributed by atoms with Crippen molar-refractivity contribution in [3.8, 4) is 11.5 Å². The van der Waals surface area contributed by atoms with E-state index in [1.807, 2.05) is 24.3 Å². The van der Waals surface area contributed by atoms with E-state index in [-0.39, 0.29) is 11.9 Å². The summed E-state index contributed by atoms with van der Waals surface area (Å²) in [5.41, 5.74) is 0. The lowest BCUT2D eigenvalue weighted by atomic mass is 10.2. The first kappa shape index (κ1) is 13.7. The van der Waals surface area contributed by atoms with E-state index < -0.39 is 0 Å². The molecule has 5 nitrogen and oxygen atoms in total. The van der Waals surface area contributed by atoms with Gasteiger partial charge in [-0.15, -0.1) is 0 Å². The average Bonchev–Trinajstić information content (AvgIpc) is 2.98. The number of carbonyl (C=O) groups is 1. The van der Waals surface area contributed by atoms with Crippen LogP contribution in [-0.2, 0) is 4.79 Å². The second-order valence-corrected chi connectivity index (χ2v) is 4.46. The number of carbonyl (C=O) groups excluding carboxylic acids is 1. The molecule has 5 heteroatoms. The highest BCUT2D eigenvalue weighted by atomic mass is 16.5. The zero-order valence-electron chi connectivity index (χ0n) is 11.1. The molecule has 19 heavy (non-hydrogen) atoms. The lowest BCUT2D eigenvalue weighted by Gasteiger charge is -2.11. The van der Waals surface area contributed by atoms with E-state index >= 15 is 0 Å². The van der Waals surface area contributed by atoms with Gasteiger partial charge in [-0.05, 0) is 43.7 Å². The van der Waals surface area contributed by atoms with Gasteiger partial charge in [0.25, 0.3) is 0 Å². The summed E-state index contributed by atoms with van der Waals surface area (Å²) >= 11 is 0. The molecular weight excluding hydrogens is 244 g/mol. The van der Waals surface area contributed by atoms with Crippen molar-refractivity contribution in [2.45, 2.75) is 18.9 Å². The predicted octanol–water partition coefficient (Wildman–Crippen LogP) is 0.942. The number of amides is 1. The molecule has 104 valence electrons. The molecule has 1 heterocycles. The van der Waals surface area contributed by atoms with Crippen LogP contribution in [0.15, 0.2) is 24.3 Å². The SMILES string of the molecule is COc1ccc(OCCNC(=O)[C@@H]2CCCN2)cc1. The van der Waals surface area contributed by atoms with Gasteiger partial charge in [-0.25, -0.2) is 0 Å². The fourth-order valence-electron chi connectivity index (χ4n) is 2.05. The van der Waals surface area contributed by atoms with Crippen LogP contribution in [0, 0.1) is 0 Å². The van der Waals surface area contributed by atoms with Crippen molar-refractivity contribution < 1.29 is 14.3 Å². The highest BCUT2D eigenvalue weighted by Gasteiger charge is 2.21. The van der Waals surface area contributed by atoms with Crippen LogP contribution in [0.25, 0.3) is 0 Å². The largest absolute Gasteiger partial charge is 0.497 e. The maximum absolute atomic E-state index is 11.7. The van der Waals surface area contributed by atoms with Crippen LogP contribution in [0.3, 0.4) is 0 Å². The van der Waals surface area contributed by atoms with Gasteiger partial charge in [0.1, 0.15) is 18.1 Å². The Hall–Kier alpha value is -1.75. The Morgan fingerprint density at radius 1 is 1.37 bits per heavy atom. The first-order chi connectivity index (χ1) is 9.29. The third-order valence-electron chi connectivity index (χ3n) is 3.11. The van der Waals surface area contributed by atoms with Crippen LogP contribution in [0.4, 0.5) is 0 Å². The Bertz CT molecular complexity index is 400. The average molecular weight is 264 g/mol. The second kappa shape index (κ2) is 6.99. The highest BCUT2D eigenvalue weighted by Crippen LogP contribution is 2.16. The van der Waals surface area contributed by atoms with Gasteiger partial charge < -0.3 is 20.1 Å². The molecule has 1 amide bonds. The molecule has 0 aliphatic carbocycles. The van der Waals surface area contributed by atoms with Crippen LogP contribution in [0.1, 0.15) is 12.8 Å². The Labute approximate surface area is 113 Å². The van der Waals surface area contributed by atoms with Crippen molar-refractivity contribution in [2.75, 3.05) is 26.8 Å². The lowest BCUT2D eigenvalue weighted by Crippen LogP contribution is -2.41. The number of nitrogens with one attached hydrogen (secondary N) is 2. The Kier molecular flexibility index (Phi) is 5.03. The topological polar surface area (TPSA) is 59.6 Å². The Morgan fingerprint density at radius 3 is 2.74 bits per heavy atom. The molecule has 1 aliphatic rings. The van der Waals surface area contributed by atoms with E-state index in [4.69, 9.17) is 9.47 Å². The predicted molar refractivity (Wildman–Crippen MR) is 72.5 cm³/mol. The van der Waals surface area contributed by atoms with Gasteiger partial charge >= 0.3 is 0 Å². The Morgan fingerprint density at radius 2 is 2.11 bits per heavy atom. The molecule has 0 bridgehead atoms. The fourth-order valence-corrected chi connectivity index (χ4v) is 2.05. The van der Waals surface area contributed by atoms with Crippen molar-refractivity contribution in [1.82, 2.24) is 10.6 Å². The van der Waals surface area contributed by atoms with Gasteiger partial charge in [0, 0.05) is 0 Å². The molecule has 0 spiro atoms. The number of hydrogen-bond donors (Lipinski definition) is 2. The maximum atomic E-state index is 11.7. The molecule has 1 atom stereocenters. The van der Waals surface area contributed by atoms with Crippen LogP contribution in [0.5, 0.6) is 11.5 Å². The van der Waals surface area contributed by atoms with Crippen LogP contribution in [0.2, 0.25) is 0 Å². The molecule has 1 saturated heterocycles. The quantitative estimate of drug-likeness (QED) is 0.751. The maximum Gasteiger partial charge on any atom is 0.237 e. The van der Waals surface area contributed by atoms with Crippen molar-refractivity contribution in [3.63, 3.8) is 0 Å². The third kappa shape index (κ3) is 4.13. The summed E-state index contributed by atoms with van der Waals surface area (Å²) < 4.78 is 10.6. The summed E-state index contributed by atoms with van der Waals surface area (Å²) in [4.78, 5) is 11.7. The molecule has 0 aromatic heterocycles. The zero-order chi connectivity index (χ0) is 13.5. The third-order valence-corrected chi connectivity index (χ3v) is 3.11. The number of hydrogen-bond acceptors (Lipinski definition) is 4. The van der Waals surface area contributed by atoms with Crippen molar-refractivity contribution in [1.29, 1.82) is 0 Å². The monoisotopic (exact) mass is 264 g/mol. The molecule has 2 rings (SSSR count). The van der Waals surface area contributed by atoms with E-state index in [1.54, 1.807) is 7.11 Å². The molecule has 1 aromatic rings. The first-order valence-electron chi connectivity index (χ1n) is 6.57. The van der Waals surface area contributed by atoms with E-state index in [1.165, 1.54) is 0 Å². The number of methoxy groups -OCH3 is 1. The van der Waals surface area contributed by atoms with E-state index in [2.05, 4.69) is 10.6 Å². The standard InChI is InChI=1S/C14H20N2O3/c1-18-11-4-6-12(7-5-11)19-10-9-16-14(17)13-3-2-8-15-13/h4-7,13,15H,2-3,8-10H2,1H3,(H,16,17)/t13-/m0/s1. The van der Waals surface area contributed by atoms with Gasteiger partial charge in [0.15, 0.2) is 0 Å². The van der Waals surface area contributed by atoms with Crippen LogP contribution < -0.4 is 20.1 Å². The molecule has 1 aromatic carbocycles. The fraction of sp³-hybridized carbons (Fsp3) is 0.500. The van der Waals surface area contributed by atoms with Crippen LogP contribution in [-0.4, -0.2) is 38.8 Å². The summed E-state index contributed by atoms with van der Waals surface area (Å²) in [5.74, 6) is 1.64. The molecule has 1 aliphatic heterocycles. The molecule has 0 radical (unpaired) electrons.